The second kappa shape index (κ2) is 21.4. The van der Waals surface area contributed by atoms with Gasteiger partial charge in [-0.05, 0) is 39.3 Å². The van der Waals surface area contributed by atoms with Gasteiger partial charge in [0.2, 0.25) is 5.91 Å². The third-order valence-corrected chi connectivity index (χ3v) is 6.19. The molecular formula is C27H50N2O8. The van der Waals surface area contributed by atoms with E-state index in [1.54, 1.807) is 6.92 Å². The Morgan fingerprint density at radius 2 is 1.49 bits per heavy atom. The van der Waals surface area contributed by atoms with Crippen molar-refractivity contribution in [3.05, 3.63) is 11.6 Å². The van der Waals surface area contributed by atoms with Crippen LogP contribution in [0, 0.1) is 5.92 Å². The summed E-state index contributed by atoms with van der Waals surface area (Å²) in [4.78, 5) is 25.0. The molecule has 0 aromatic carbocycles. The zero-order valence-corrected chi connectivity index (χ0v) is 23.6. The summed E-state index contributed by atoms with van der Waals surface area (Å²) >= 11 is 0. The quantitative estimate of drug-likeness (QED) is 0.161. The van der Waals surface area contributed by atoms with Crippen molar-refractivity contribution in [2.75, 3.05) is 73.1 Å². The van der Waals surface area contributed by atoms with Crippen LogP contribution in [0.3, 0.4) is 0 Å². The predicted molar refractivity (Wildman–Crippen MR) is 141 cm³/mol. The molecule has 37 heavy (non-hydrogen) atoms. The van der Waals surface area contributed by atoms with E-state index in [0.717, 1.165) is 19.4 Å². The molecule has 0 spiro atoms. The van der Waals surface area contributed by atoms with E-state index in [4.69, 9.17) is 28.4 Å². The lowest BCUT2D eigenvalue weighted by Gasteiger charge is -2.36. The van der Waals surface area contributed by atoms with Crippen LogP contribution in [0.1, 0.15) is 53.4 Å². The van der Waals surface area contributed by atoms with Crippen molar-refractivity contribution in [2.45, 2.75) is 71.6 Å². The number of nitrogens with one attached hydrogen (secondary N) is 2. The molecule has 216 valence electrons. The van der Waals surface area contributed by atoms with Gasteiger partial charge in [-0.25, -0.2) is 4.79 Å². The van der Waals surface area contributed by atoms with Crippen LogP contribution in [-0.4, -0.2) is 103 Å². The van der Waals surface area contributed by atoms with Crippen molar-refractivity contribution in [1.82, 2.24) is 10.6 Å². The number of amides is 1. The number of carbonyl (C=O) groups excluding carboxylic acids is 2. The minimum absolute atomic E-state index is 0.0270. The molecule has 1 rings (SSSR count). The first kappa shape index (κ1) is 33.5. The van der Waals surface area contributed by atoms with Gasteiger partial charge in [0.15, 0.2) is 0 Å². The summed E-state index contributed by atoms with van der Waals surface area (Å²) in [6.07, 6.45) is 4.15. The first-order valence-corrected chi connectivity index (χ1v) is 13.7. The molecule has 0 saturated carbocycles. The Kier molecular flexibility index (Phi) is 19.3. The first-order valence-electron chi connectivity index (χ1n) is 13.7. The van der Waals surface area contributed by atoms with Crippen LogP contribution in [0.2, 0.25) is 0 Å². The van der Waals surface area contributed by atoms with Crippen molar-refractivity contribution in [1.29, 1.82) is 0 Å². The molecule has 0 aromatic rings. The van der Waals surface area contributed by atoms with Crippen molar-refractivity contribution in [3.63, 3.8) is 0 Å². The maximum absolute atomic E-state index is 12.6. The Hall–Kier alpha value is -1.56. The number of carbonyl (C=O) groups is 2. The molecule has 10 nitrogen and oxygen atoms in total. The second-order valence-electron chi connectivity index (χ2n) is 8.99. The highest BCUT2D eigenvalue weighted by atomic mass is 16.6. The molecule has 0 aromatic heterocycles. The van der Waals surface area contributed by atoms with E-state index >= 15 is 0 Å². The van der Waals surface area contributed by atoms with E-state index in [1.165, 1.54) is 0 Å². The van der Waals surface area contributed by atoms with Crippen LogP contribution in [0.25, 0.3) is 0 Å². The topological polar surface area (TPSA) is 114 Å². The summed E-state index contributed by atoms with van der Waals surface area (Å²) < 4.78 is 33.3. The van der Waals surface area contributed by atoms with E-state index in [2.05, 4.69) is 24.5 Å². The van der Waals surface area contributed by atoms with Crippen molar-refractivity contribution < 1.29 is 38.0 Å². The molecule has 0 fully saturated rings. The minimum atomic E-state index is -0.349. The SMILES string of the molecule is CCOC(=O)C1=C[C@@H](OC(CC)CC)[C@H](C)[C@@H](NC(=O)CCOCCOCCOCCOCCNC)C1. The molecule has 0 heterocycles. The highest BCUT2D eigenvalue weighted by molar-refractivity contribution is 5.89. The Labute approximate surface area is 223 Å². The summed E-state index contributed by atoms with van der Waals surface area (Å²) in [5.74, 6) is -0.438. The normalized spacial score (nSPS) is 19.6. The fourth-order valence-corrected chi connectivity index (χ4v) is 3.87. The van der Waals surface area contributed by atoms with Crippen LogP contribution < -0.4 is 10.6 Å². The molecular weight excluding hydrogens is 480 g/mol. The average molecular weight is 531 g/mol. The van der Waals surface area contributed by atoms with E-state index in [9.17, 15) is 9.59 Å². The van der Waals surface area contributed by atoms with Crippen molar-refractivity contribution >= 4 is 11.9 Å². The Bertz CT molecular complexity index is 642. The van der Waals surface area contributed by atoms with Crippen LogP contribution >= 0.6 is 0 Å². The highest BCUT2D eigenvalue weighted by Crippen LogP contribution is 2.29. The number of likely N-dealkylation sites (N-methyl/N-ethyl adjacent to an activating group) is 1. The number of hydrogen-bond acceptors (Lipinski definition) is 9. The zero-order valence-electron chi connectivity index (χ0n) is 23.6. The molecule has 0 unspecified atom stereocenters. The fourth-order valence-electron chi connectivity index (χ4n) is 3.87. The third kappa shape index (κ3) is 14.8. The fraction of sp³-hybridized carbons (Fsp3) is 0.852. The second-order valence-corrected chi connectivity index (χ2v) is 8.99. The van der Waals surface area contributed by atoms with Gasteiger partial charge in [-0.2, -0.15) is 0 Å². The van der Waals surface area contributed by atoms with Gasteiger partial charge < -0.3 is 39.1 Å². The van der Waals surface area contributed by atoms with E-state index < -0.39 is 0 Å². The molecule has 0 saturated heterocycles. The monoisotopic (exact) mass is 530 g/mol. The Morgan fingerprint density at radius 3 is 2.03 bits per heavy atom. The molecule has 1 amide bonds. The van der Waals surface area contributed by atoms with Gasteiger partial charge in [0.1, 0.15) is 0 Å². The standard InChI is InChI=1S/C27H50N2O8/c1-6-23(7-2)37-25-20-22(27(31)36-8-3)19-24(21(25)4)29-26(30)9-11-32-13-15-34-17-18-35-16-14-33-12-10-28-5/h20-21,23-25,28H,6-19H2,1-5H3,(H,29,30)/t21-,24+,25-/m1/s1. The summed E-state index contributed by atoms with van der Waals surface area (Å²) in [6, 6.07) is -0.215. The average Bonchev–Trinajstić information content (AvgIpc) is 2.89. The molecule has 2 N–H and O–H groups in total. The molecule has 3 atom stereocenters. The summed E-state index contributed by atoms with van der Waals surface area (Å²) in [5.41, 5.74) is 0.555. The summed E-state index contributed by atoms with van der Waals surface area (Å²) in [6.45, 7) is 13.0. The number of ether oxygens (including phenoxy) is 6. The zero-order chi connectivity index (χ0) is 27.3. The van der Waals surface area contributed by atoms with Gasteiger partial charge in [-0.1, -0.05) is 20.8 Å². The van der Waals surface area contributed by atoms with Gasteiger partial charge in [0.05, 0.1) is 71.7 Å². The largest absolute Gasteiger partial charge is 0.463 e. The lowest BCUT2D eigenvalue weighted by molar-refractivity contribution is -0.139. The van der Waals surface area contributed by atoms with Gasteiger partial charge >= 0.3 is 5.97 Å². The van der Waals surface area contributed by atoms with Crippen molar-refractivity contribution in [2.24, 2.45) is 5.92 Å². The lowest BCUT2D eigenvalue weighted by Crippen LogP contribution is -2.48. The predicted octanol–water partition coefficient (Wildman–Crippen LogP) is 2.25. The van der Waals surface area contributed by atoms with Crippen LogP contribution in [-0.2, 0) is 38.0 Å². The van der Waals surface area contributed by atoms with Gasteiger partial charge in [0, 0.05) is 30.5 Å². The lowest BCUT2D eigenvalue weighted by atomic mass is 9.83. The highest BCUT2D eigenvalue weighted by Gasteiger charge is 2.35. The molecule has 1 aliphatic rings. The van der Waals surface area contributed by atoms with E-state index in [-0.39, 0.29) is 42.5 Å². The summed E-state index contributed by atoms with van der Waals surface area (Å²) in [7, 11) is 1.88. The minimum Gasteiger partial charge on any atom is -0.463 e. The Balaban J connectivity index is 2.29. The van der Waals surface area contributed by atoms with E-state index in [1.807, 2.05) is 20.0 Å². The number of hydrogen-bond donors (Lipinski definition) is 2. The van der Waals surface area contributed by atoms with Gasteiger partial charge in [0.25, 0.3) is 0 Å². The van der Waals surface area contributed by atoms with Gasteiger partial charge in [-0.15, -0.1) is 0 Å². The molecule has 10 heteroatoms. The first-order chi connectivity index (χ1) is 18.0. The van der Waals surface area contributed by atoms with E-state index in [0.29, 0.717) is 71.5 Å². The summed E-state index contributed by atoms with van der Waals surface area (Å²) in [5, 5.41) is 6.08. The molecule has 0 radical (unpaired) electrons. The maximum atomic E-state index is 12.6. The van der Waals surface area contributed by atoms with Crippen molar-refractivity contribution in [3.8, 4) is 0 Å². The maximum Gasteiger partial charge on any atom is 0.333 e. The molecule has 1 aliphatic carbocycles. The molecule has 0 aliphatic heterocycles. The van der Waals surface area contributed by atoms with Gasteiger partial charge in [-0.3, -0.25) is 4.79 Å². The smallest absolute Gasteiger partial charge is 0.333 e. The van der Waals surface area contributed by atoms with Crippen LogP contribution in [0.15, 0.2) is 11.6 Å². The number of rotatable bonds is 22. The Morgan fingerprint density at radius 1 is 0.919 bits per heavy atom. The van der Waals surface area contributed by atoms with Crippen LogP contribution in [0.5, 0.6) is 0 Å². The van der Waals surface area contributed by atoms with Crippen LogP contribution in [0.4, 0.5) is 0 Å². The third-order valence-electron chi connectivity index (χ3n) is 6.19. The number of esters is 1. The molecule has 0 bridgehead atoms.